The van der Waals surface area contributed by atoms with Crippen molar-refractivity contribution in [3.8, 4) is 5.69 Å². The number of benzene rings is 2. The van der Waals surface area contributed by atoms with E-state index in [1.54, 1.807) is 17.0 Å². The van der Waals surface area contributed by atoms with E-state index < -0.39 is 5.60 Å². The minimum absolute atomic E-state index is 0.0446. The first-order valence-electron chi connectivity index (χ1n) is 15.0. The van der Waals surface area contributed by atoms with Gasteiger partial charge in [0.25, 0.3) is 11.5 Å². The highest BCUT2D eigenvalue weighted by atomic mass is 19.1. The van der Waals surface area contributed by atoms with Gasteiger partial charge >= 0.3 is 0 Å². The molecule has 2 aromatic heterocycles. The van der Waals surface area contributed by atoms with Gasteiger partial charge in [0.15, 0.2) is 5.65 Å². The number of halogens is 1. The SMILES string of the molecule is CN1CCCC2CN(c3ccc(C(=O)N4CCC(O)(Cn5cnc6c(cnn6-c6ccc(F)cc6)c5=O)CC4)cc3)CC21. The topological polar surface area (TPSA) is 99.7 Å². The molecule has 2 atom stereocenters. The van der Waals surface area contributed by atoms with Crippen molar-refractivity contribution < 1.29 is 14.3 Å². The van der Waals surface area contributed by atoms with Gasteiger partial charge in [0.1, 0.15) is 17.5 Å². The third-order valence-electron chi connectivity index (χ3n) is 9.61. The van der Waals surface area contributed by atoms with Crippen LogP contribution in [0, 0.1) is 11.7 Å². The fourth-order valence-corrected chi connectivity index (χ4v) is 7.05. The van der Waals surface area contributed by atoms with E-state index in [4.69, 9.17) is 0 Å². The molecule has 0 bridgehead atoms. The standard InChI is InChI=1S/C32H36FN7O3/c1-36-14-2-3-23-18-38(19-28(23)36)25-8-4-22(5-9-25)30(41)37-15-12-32(43,13-16-37)20-39-21-34-29-27(31(39)42)17-35-40(29)26-10-6-24(33)7-11-26/h4-11,17,21,23,28,43H,2-3,12-16,18-20H2,1H3. The van der Waals surface area contributed by atoms with Gasteiger partial charge < -0.3 is 19.8 Å². The third kappa shape index (κ3) is 5.21. The largest absolute Gasteiger partial charge is 0.388 e. The van der Waals surface area contributed by atoms with Crippen molar-refractivity contribution in [3.05, 3.63) is 82.8 Å². The van der Waals surface area contributed by atoms with Gasteiger partial charge in [-0.25, -0.2) is 14.1 Å². The molecule has 0 saturated carbocycles. The predicted octanol–water partition coefficient (Wildman–Crippen LogP) is 2.92. The average molecular weight is 586 g/mol. The normalized spacial score (nSPS) is 22.2. The molecular weight excluding hydrogens is 549 g/mol. The number of aliphatic hydroxyl groups is 1. The number of rotatable bonds is 5. The Hall–Kier alpha value is -4.09. The Labute approximate surface area is 249 Å². The maximum atomic E-state index is 13.3. The van der Waals surface area contributed by atoms with Crippen LogP contribution in [0.4, 0.5) is 10.1 Å². The van der Waals surface area contributed by atoms with Crippen LogP contribution < -0.4 is 10.5 Å². The number of nitrogens with zero attached hydrogens (tertiary/aromatic N) is 7. The number of amides is 1. The Bertz CT molecular complexity index is 1690. The van der Waals surface area contributed by atoms with E-state index in [-0.39, 0.29) is 23.8 Å². The zero-order valence-corrected chi connectivity index (χ0v) is 24.3. The third-order valence-corrected chi connectivity index (χ3v) is 9.61. The first-order chi connectivity index (χ1) is 20.8. The minimum Gasteiger partial charge on any atom is -0.388 e. The second-order valence-corrected chi connectivity index (χ2v) is 12.4. The van der Waals surface area contributed by atoms with Crippen LogP contribution in [0.5, 0.6) is 0 Å². The quantitative estimate of drug-likeness (QED) is 0.385. The van der Waals surface area contributed by atoms with Crippen molar-refractivity contribution in [3.63, 3.8) is 0 Å². The van der Waals surface area contributed by atoms with E-state index >= 15 is 0 Å². The summed E-state index contributed by atoms with van der Waals surface area (Å²) in [7, 11) is 2.22. The molecule has 43 heavy (non-hydrogen) atoms. The van der Waals surface area contributed by atoms with Gasteiger partial charge in [-0.1, -0.05) is 0 Å². The van der Waals surface area contributed by atoms with Crippen molar-refractivity contribution in [1.29, 1.82) is 0 Å². The second kappa shape index (κ2) is 10.9. The maximum absolute atomic E-state index is 13.3. The molecule has 0 radical (unpaired) electrons. The molecule has 7 rings (SSSR count). The van der Waals surface area contributed by atoms with Gasteiger partial charge in [0.05, 0.1) is 24.0 Å². The van der Waals surface area contributed by atoms with Crippen LogP contribution in [0.3, 0.4) is 0 Å². The molecule has 3 saturated heterocycles. The van der Waals surface area contributed by atoms with Crippen molar-refractivity contribution >= 4 is 22.6 Å². The number of anilines is 1. The molecule has 3 fully saturated rings. The molecule has 3 aliphatic rings. The predicted molar refractivity (Wildman–Crippen MR) is 161 cm³/mol. The number of likely N-dealkylation sites (tertiary alicyclic amines) is 2. The molecular formula is C32H36FN7O3. The summed E-state index contributed by atoms with van der Waals surface area (Å²) in [6, 6.07) is 14.3. The summed E-state index contributed by atoms with van der Waals surface area (Å²) in [6.07, 6.45) is 6.09. The fraction of sp³-hybridized carbons (Fsp3) is 0.438. The lowest BCUT2D eigenvalue weighted by molar-refractivity contribution is -0.0299. The number of carbonyl (C=O) groups is 1. The number of carbonyl (C=O) groups excluding carboxylic acids is 1. The van der Waals surface area contributed by atoms with Crippen molar-refractivity contribution in [2.24, 2.45) is 5.92 Å². The number of hydrogen-bond donors (Lipinski definition) is 1. The number of piperidine rings is 2. The molecule has 11 heteroatoms. The maximum Gasteiger partial charge on any atom is 0.264 e. The summed E-state index contributed by atoms with van der Waals surface area (Å²) in [5.41, 5.74) is 1.30. The minimum atomic E-state index is -1.15. The molecule has 3 aliphatic heterocycles. The van der Waals surface area contributed by atoms with Gasteiger partial charge in [-0.2, -0.15) is 5.10 Å². The molecule has 2 unspecified atom stereocenters. The van der Waals surface area contributed by atoms with Gasteiger partial charge in [0, 0.05) is 43.5 Å². The van der Waals surface area contributed by atoms with Crippen molar-refractivity contribution in [2.75, 3.05) is 44.7 Å². The second-order valence-electron chi connectivity index (χ2n) is 12.4. The summed E-state index contributed by atoms with van der Waals surface area (Å²) in [5, 5.41) is 16.0. The van der Waals surface area contributed by atoms with Gasteiger partial charge in [0.2, 0.25) is 0 Å². The van der Waals surface area contributed by atoms with E-state index in [9.17, 15) is 19.1 Å². The van der Waals surface area contributed by atoms with E-state index in [1.165, 1.54) is 53.3 Å². The summed E-state index contributed by atoms with van der Waals surface area (Å²) >= 11 is 0. The monoisotopic (exact) mass is 585 g/mol. The molecule has 1 N–H and O–H groups in total. The number of likely N-dealkylation sites (N-methyl/N-ethyl adjacent to an activating group) is 1. The highest BCUT2D eigenvalue weighted by Gasteiger charge is 2.38. The van der Waals surface area contributed by atoms with E-state index in [1.807, 2.05) is 12.1 Å². The lowest BCUT2D eigenvalue weighted by Crippen LogP contribution is -2.49. The van der Waals surface area contributed by atoms with Crippen LogP contribution in [0.25, 0.3) is 16.7 Å². The molecule has 5 heterocycles. The van der Waals surface area contributed by atoms with Crippen LogP contribution in [-0.2, 0) is 6.54 Å². The van der Waals surface area contributed by atoms with E-state index in [0.717, 1.165) is 18.8 Å². The molecule has 10 nitrogen and oxygen atoms in total. The summed E-state index contributed by atoms with van der Waals surface area (Å²) < 4.78 is 16.2. The Morgan fingerprint density at radius 3 is 2.47 bits per heavy atom. The molecule has 2 aromatic carbocycles. The fourth-order valence-electron chi connectivity index (χ4n) is 7.05. The molecule has 4 aromatic rings. The first kappa shape index (κ1) is 27.7. The average Bonchev–Trinajstić information content (AvgIpc) is 3.65. The number of hydrogen-bond acceptors (Lipinski definition) is 7. The lowest BCUT2D eigenvalue weighted by atomic mass is 9.91. The molecule has 0 spiro atoms. The van der Waals surface area contributed by atoms with Crippen LogP contribution in [0.2, 0.25) is 0 Å². The molecule has 0 aliphatic carbocycles. The highest BCUT2D eigenvalue weighted by molar-refractivity contribution is 5.94. The van der Waals surface area contributed by atoms with Gasteiger partial charge in [-0.05, 0) is 93.7 Å². The smallest absolute Gasteiger partial charge is 0.264 e. The Morgan fingerprint density at radius 1 is 1.02 bits per heavy atom. The van der Waals surface area contributed by atoms with Crippen LogP contribution in [0.15, 0.2) is 65.8 Å². The highest BCUT2D eigenvalue weighted by Crippen LogP contribution is 2.33. The summed E-state index contributed by atoms with van der Waals surface area (Å²) in [4.78, 5) is 37.7. The van der Waals surface area contributed by atoms with Crippen molar-refractivity contribution in [2.45, 2.75) is 43.9 Å². The zero-order chi connectivity index (χ0) is 29.7. The molecule has 1 amide bonds. The van der Waals surface area contributed by atoms with E-state index in [2.05, 4.69) is 39.1 Å². The van der Waals surface area contributed by atoms with E-state index in [0.29, 0.717) is 60.2 Å². The van der Waals surface area contributed by atoms with Crippen LogP contribution in [0.1, 0.15) is 36.0 Å². The Morgan fingerprint density at radius 2 is 1.74 bits per heavy atom. The molecule has 224 valence electrons. The number of aromatic nitrogens is 4. The van der Waals surface area contributed by atoms with Crippen LogP contribution >= 0.6 is 0 Å². The summed E-state index contributed by atoms with van der Waals surface area (Å²) in [5.74, 6) is 0.300. The van der Waals surface area contributed by atoms with Crippen LogP contribution in [-0.4, -0.2) is 91.6 Å². The number of fused-ring (bicyclic) bond motifs is 2. The zero-order valence-electron chi connectivity index (χ0n) is 24.3. The lowest BCUT2D eigenvalue weighted by Gasteiger charge is -2.38. The summed E-state index contributed by atoms with van der Waals surface area (Å²) in [6.45, 7) is 4.12. The van der Waals surface area contributed by atoms with Gasteiger partial charge in [-0.15, -0.1) is 0 Å². The van der Waals surface area contributed by atoms with Crippen molar-refractivity contribution in [1.82, 2.24) is 29.1 Å². The van der Waals surface area contributed by atoms with Gasteiger partial charge in [-0.3, -0.25) is 14.2 Å². The Balaban J connectivity index is 0.987. The Kier molecular flexibility index (Phi) is 7.01. The first-order valence-corrected chi connectivity index (χ1v) is 15.0.